The SMILES string of the molecule is Cc1ccc(C)c(C(=O)NCc2ccc(C(=O)N3CCCCC3)cc2)c1. The number of aryl methyl sites for hydroxylation is 2. The zero-order valence-corrected chi connectivity index (χ0v) is 15.5. The summed E-state index contributed by atoms with van der Waals surface area (Å²) >= 11 is 0. The lowest BCUT2D eigenvalue weighted by Crippen LogP contribution is -2.35. The molecule has 2 aromatic rings. The summed E-state index contributed by atoms with van der Waals surface area (Å²) in [5.41, 5.74) is 4.45. The quantitative estimate of drug-likeness (QED) is 0.910. The Hall–Kier alpha value is -2.62. The van der Waals surface area contributed by atoms with Crippen LogP contribution in [0.25, 0.3) is 0 Å². The van der Waals surface area contributed by atoms with Gasteiger partial charge < -0.3 is 10.2 Å². The zero-order valence-electron chi connectivity index (χ0n) is 15.5. The highest BCUT2D eigenvalue weighted by atomic mass is 16.2. The van der Waals surface area contributed by atoms with E-state index in [0.29, 0.717) is 12.1 Å². The van der Waals surface area contributed by atoms with Crippen LogP contribution in [0.1, 0.15) is 56.7 Å². The molecule has 26 heavy (non-hydrogen) atoms. The summed E-state index contributed by atoms with van der Waals surface area (Å²) in [7, 11) is 0. The van der Waals surface area contributed by atoms with E-state index in [0.717, 1.165) is 48.2 Å². The van der Waals surface area contributed by atoms with Crippen LogP contribution >= 0.6 is 0 Å². The van der Waals surface area contributed by atoms with E-state index in [1.165, 1.54) is 6.42 Å². The lowest BCUT2D eigenvalue weighted by molar-refractivity contribution is 0.0724. The van der Waals surface area contributed by atoms with Crippen LogP contribution in [0, 0.1) is 13.8 Å². The Kier molecular flexibility index (Phi) is 5.71. The summed E-state index contributed by atoms with van der Waals surface area (Å²) < 4.78 is 0. The molecular formula is C22H26N2O2. The third-order valence-electron chi connectivity index (χ3n) is 4.93. The number of piperidine rings is 1. The lowest BCUT2D eigenvalue weighted by Gasteiger charge is -2.26. The Morgan fingerprint density at radius 1 is 0.962 bits per heavy atom. The standard InChI is InChI=1S/C22H26N2O2/c1-16-6-7-17(2)20(14-16)21(25)23-15-18-8-10-19(11-9-18)22(26)24-12-4-3-5-13-24/h6-11,14H,3-5,12-13,15H2,1-2H3,(H,23,25). The number of nitrogens with zero attached hydrogens (tertiary/aromatic N) is 1. The van der Waals surface area contributed by atoms with Crippen LogP contribution in [0.4, 0.5) is 0 Å². The van der Waals surface area contributed by atoms with Crippen LogP contribution in [0.15, 0.2) is 42.5 Å². The molecule has 0 unspecified atom stereocenters. The van der Waals surface area contributed by atoms with Crippen molar-refractivity contribution in [2.45, 2.75) is 39.7 Å². The van der Waals surface area contributed by atoms with Crippen molar-refractivity contribution in [3.63, 3.8) is 0 Å². The molecule has 1 fully saturated rings. The Morgan fingerprint density at radius 3 is 2.35 bits per heavy atom. The third-order valence-corrected chi connectivity index (χ3v) is 4.93. The van der Waals surface area contributed by atoms with E-state index in [9.17, 15) is 9.59 Å². The molecule has 0 saturated carbocycles. The van der Waals surface area contributed by atoms with Gasteiger partial charge in [0.1, 0.15) is 0 Å². The first-order valence-corrected chi connectivity index (χ1v) is 9.28. The van der Waals surface area contributed by atoms with Crippen molar-refractivity contribution in [1.29, 1.82) is 0 Å². The van der Waals surface area contributed by atoms with Crippen LogP contribution in [0.5, 0.6) is 0 Å². The predicted octanol–water partition coefficient (Wildman–Crippen LogP) is 3.86. The monoisotopic (exact) mass is 350 g/mol. The molecule has 2 aromatic carbocycles. The molecule has 136 valence electrons. The van der Waals surface area contributed by atoms with Crippen molar-refractivity contribution < 1.29 is 9.59 Å². The second kappa shape index (κ2) is 8.17. The molecule has 0 aromatic heterocycles. The van der Waals surface area contributed by atoms with E-state index in [1.807, 2.05) is 61.2 Å². The number of carbonyl (C=O) groups is 2. The highest BCUT2D eigenvalue weighted by Gasteiger charge is 2.18. The first-order chi connectivity index (χ1) is 12.5. The molecule has 1 heterocycles. The van der Waals surface area contributed by atoms with Gasteiger partial charge in [0.15, 0.2) is 0 Å². The van der Waals surface area contributed by atoms with Gasteiger partial charge in [0.25, 0.3) is 11.8 Å². The van der Waals surface area contributed by atoms with Crippen molar-refractivity contribution in [1.82, 2.24) is 10.2 Å². The number of nitrogens with one attached hydrogen (secondary N) is 1. The number of likely N-dealkylation sites (tertiary alicyclic amines) is 1. The highest BCUT2D eigenvalue weighted by Crippen LogP contribution is 2.14. The highest BCUT2D eigenvalue weighted by molar-refractivity contribution is 5.96. The van der Waals surface area contributed by atoms with E-state index in [4.69, 9.17) is 0 Å². The van der Waals surface area contributed by atoms with Crippen LogP contribution in [0.3, 0.4) is 0 Å². The molecule has 4 nitrogen and oxygen atoms in total. The number of hydrogen-bond acceptors (Lipinski definition) is 2. The van der Waals surface area contributed by atoms with Gasteiger partial charge in [-0.3, -0.25) is 9.59 Å². The summed E-state index contributed by atoms with van der Waals surface area (Å²) in [4.78, 5) is 26.8. The maximum Gasteiger partial charge on any atom is 0.253 e. The molecule has 2 amide bonds. The van der Waals surface area contributed by atoms with Gasteiger partial charge in [-0.2, -0.15) is 0 Å². The van der Waals surface area contributed by atoms with Crippen molar-refractivity contribution in [3.8, 4) is 0 Å². The Morgan fingerprint density at radius 2 is 1.65 bits per heavy atom. The largest absolute Gasteiger partial charge is 0.348 e. The van der Waals surface area contributed by atoms with Crippen LogP contribution in [-0.2, 0) is 6.54 Å². The molecule has 1 aliphatic rings. The van der Waals surface area contributed by atoms with E-state index in [1.54, 1.807) is 0 Å². The normalized spacial score (nSPS) is 14.2. The van der Waals surface area contributed by atoms with Gasteiger partial charge >= 0.3 is 0 Å². The van der Waals surface area contributed by atoms with Gasteiger partial charge in [-0.15, -0.1) is 0 Å². The van der Waals surface area contributed by atoms with Gasteiger partial charge in [0.2, 0.25) is 0 Å². The maximum absolute atomic E-state index is 12.5. The molecule has 1 N–H and O–H groups in total. The molecule has 1 aliphatic heterocycles. The maximum atomic E-state index is 12.5. The second-order valence-electron chi connectivity index (χ2n) is 7.05. The molecule has 0 spiro atoms. The van der Waals surface area contributed by atoms with Gasteiger partial charge in [-0.1, -0.05) is 29.8 Å². The van der Waals surface area contributed by atoms with E-state index < -0.39 is 0 Å². The van der Waals surface area contributed by atoms with Crippen molar-refractivity contribution in [2.75, 3.05) is 13.1 Å². The summed E-state index contributed by atoms with van der Waals surface area (Å²) in [6, 6.07) is 13.4. The number of hydrogen-bond donors (Lipinski definition) is 1. The van der Waals surface area contributed by atoms with E-state index in [-0.39, 0.29) is 11.8 Å². The topological polar surface area (TPSA) is 49.4 Å². The van der Waals surface area contributed by atoms with Crippen molar-refractivity contribution >= 4 is 11.8 Å². The van der Waals surface area contributed by atoms with Crippen LogP contribution in [0.2, 0.25) is 0 Å². The van der Waals surface area contributed by atoms with Gasteiger partial charge in [-0.05, 0) is 62.4 Å². The Bertz CT molecular complexity index is 790. The van der Waals surface area contributed by atoms with E-state index >= 15 is 0 Å². The summed E-state index contributed by atoms with van der Waals surface area (Å²) in [6.45, 7) is 6.08. The molecule has 1 saturated heterocycles. The minimum absolute atomic E-state index is 0.0698. The average Bonchev–Trinajstić information content (AvgIpc) is 2.68. The molecule has 0 radical (unpaired) electrons. The lowest BCUT2D eigenvalue weighted by atomic mass is 10.0. The Labute approximate surface area is 155 Å². The zero-order chi connectivity index (χ0) is 18.5. The van der Waals surface area contributed by atoms with Crippen molar-refractivity contribution in [3.05, 3.63) is 70.3 Å². The number of amides is 2. The molecule has 3 rings (SSSR count). The average molecular weight is 350 g/mol. The molecule has 4 heteroatoms. The minimum atomic E-state index is -0.0698. The Balaban J connectivity index is 1.59. The molecule has 0 aliphatic carbocycles. The molecular weight excluding hydrogens is 324 g/mol. The smallest absolute Gasteiger partial charge is 0.253 e. The second-order valence-corrected chi connectivity index (χ2v) is 7.05. The molecule has 0 bridgehead atoms. The summed E-state index contributed by atoms with van der Waals surface area (Å²) in [6.07, 6.45) is 3.39. The molecule has 0 atom stereocenters. The minimum Gasteiger partial charge on any atom is -0.348 e. The summed E-state index contributed by atoms with van der Waals surface area (Å²) in [5.74, 6) is 0.0374. The van der Waals surface area contributed by atoms with Gasteiger partial charge in [0.05, 0.1) is 0 Å². The predicted molar refractivity (Wildman–Crippen MR) is 103 cm³/mol. The third kappa shape index (κ3) is 4.31. The first-order valence-electron chi connectivity index (χ1n) is 9.28. The fraction of sp³-hybridized carbons (Fsp3) is 0.364. The van der Waals surface area contributed by atoms with Gasteiger partial charge in [-0.25, -0.2) is 0 Å². The van der Waals surface area contributed by atoms with Crippen LogP contribution < -0.4 is 5.32 Å². The number of carbonyl (C=O) groups excluding carboxylic acids is 2. The van der Waals surface area contributed by atoms with Gasteiger partial charge in [0, 0.05) is 30.8 Å². The van der Waals surface area contributed by atoms with Crippen LogP contribution in [-0.4, -0.2) is 29.8 Å². The number of benzene rings is 2. The van der Waals surface area contributed by atoms with Crippen molar-refractivity contribution in [2.24, 2.45) is 0 Å². The van der Waals surface area contributed by atoms with E-state index in [2.05, 4.69) is 5.32 Å². The fourth-order valence-corrected chi connectivity index (χ4v) is 3.30. The number of rotatable bonds is 4. The fourth-order valence-electron chi connectivity index (χ4n) is 3.30. The summed E-state index contributed by atoms with van der Waals surface area (Å²) in [5, 5.41) is 2.96. The first kappa shape index (κ1) is 18.2.